The minimum Gasteiger partial charge on any atom is -0.328 e. The highest BCUT2D eigenvalue weighted by atomic mass is 15.1. The van der Waals surface area contributed by atoms with E-state index in [1.807, 2.05) is 30.5 Å². The van der Waals surface area contributed by atoms with E-state index in [1.54, 1.807) is 6.20 Å². The van der Waals surface area contributed by atoms with E-state index in [2.05, 4.69) is 29.5 Å². The minimum absolute atomic E-state index is 0.383. The van der Waals surface area contributed by atoms with E-state index in [1.165, 1.54) is 0 Å². The van der Waals surface area contributed by atoms with Crippen LogP contribution in [0.25, 0.3) is 11.4 Å². The van der Waals surface area contributed by atoms with E-state index in [0.717, 1.165) is 11.4 Å². The van der Waals surface area contributed by atoms with Gasteiger partial charge in [-0.1, -0.05) is 0 Å². The highest BCUT2D eigenvalue weighted by molar-refractivity contribution is 5.57. The third-order valence-electron chi connectivity index (χ3n) is 2.50. The van der Waals surface area contributed by atoms with Crippen LogP contribution < -0.4 is 0 Å². The zero-order valence-corrected chi connectivity index (χ0v) is 9.38. The van der Waals surface area contributed by atoms with Gasteiger partial charge in [-0.2, -0.15) is 5.26 Å². The first-order valence-electron chi connectivity index (χ1n) is 5.25. The van der Waals surface area contributed by atoms with Gasteiger partial charge in [0.05, 0.1) is 11.6 Å². The number of aromatic nitrogens is 2. The third-order valence-corrected chi connectivity index (χ3v) is 2.50. The Morgan fingerprint density at radius 1 is 1.25 bits per heavy atom. The summed E-state index contributed by atoms with van der Waals surface area (Å²) < 4.78 is 2.11. The SMILES string of the molecule is CC(C)n1ccnc1-c1ccc(C#N)cc1. The molecule has 3 nitrogen and oxygen atoms in total. The number of hydrogen-bond donors (Lipinski definition) is 0. The number of nitriles is 1. The van der Waals surface area contributed by atoms with Gasteiger partial charge in [-0.05, 0) is 38.1 Å². The van der Waals surface area contributed by atoms with Crippen molar-refractivity contribution < 1.29 is 0 Å². The molecule has 0 fully saturated rings. The van der Waals surface area contributed by atoms with Crippen molar-refractivity contribution in [3.05, 3.63) is 42.2 Å². The van der Waals surface area contributed by atoms with Gasteiger partial charge in [-0.15, -0.1) is 0 Å². The Bertz CT molecular complexity index is 515. The monoisotopic (exact) mass is 211 g/mol. The number of nitrogens with zero attached hydrogens (tertiary/aromatic N) is 3. The highest BCUT2D eigenvalue weighted by Gasteiger charge is 2.07. The number of rotatable bonds is 2. The van der Waals surface area contributed by atoms with Gasteiger partial charge in [0, 0.05) is 24.0 Å². The molecule has 0 aliphatic carbocycles. The van der Waals surface area contributed by atoms with Gasteiger partial charge in [0.25, 0.3) is 0 Å². The second-order valence-corrected chi connectivity index (χ2v) is 3.94. The van der Waals surface area contributed by atoms with E-state index >= 15 is 0 Å². The number of benzene rings is 1. The topological polar surface area (TPSA) is 41.6 Å². The lowest BCUT2D eigenvalue weighted by Crippen LogP contribution is -2.01. The summed E-state index contributed by atoms with van der Waals surface area (Å²) in [5.74, 6) is 0.944. The van der Waals surface area contributed by atoms with Crippen LogP contribution in [0, 0.1) is 11.3 Å². The molecule has 0 amide bonds. The maximum absolute atomic E-state index is 8.73. The minimum atomic E-state index is 0.383. The summed E-state index contributed by atoms with van der Waals surface area (Å²) in [6.07, 6.45) is 3.77. The molecule has 0 saturated heterocycles. The van der Waals surface area contributed by atoms with Crippen molar-refractivity contribution in [3.8, 4) is 17.5 Å². The van der Waals surface area contributed by atoms with Crippen LogP contribution in [0.1, 0.15) is 25.5 Å². The quantitative estimate of drug-likeness (QED) is 0.766. The van der Waals surface area contributed by atoms with Gasteiger partial charge in [0.2, 0.25) is 0 Å². The first kappa shape index (κ1) is 10.4. The summed E-state index contributed by atoms with van der Waals surface area (Å²) in [5.41, 5.74) is 1.71. The predicted molar refractivity (Wildman–Crippen MR) is 62.8 cm³/mol. The van der Waals surface area contributed by atoms with E-state index in [-0.39, 0.29) is 0 Å². The van der Waals surface area contributed by atoms with Crippen LogP contribution in [-0.4, -0.2) is 9.55 Å². The molecule has 1 aromatic carbocycles. The van der Waals surface area contributed by atoms with E-state index in [9.17, 15) is 0 Å². The van der Waals surface area contributed by atoms with Crippen molar-refractivity contribution >= 4 is 0 Å². The summed E-state index contributed by atoms with van der Waals surface area (Å²) in [7, 11) is 0. The van der Waals surface area contributed by atoms with Gasteiger partial charge < -0.3 is 4.57 Å². The van der Waals surface area contributed by atoms with Crippen molar-refractivity contribution in [2.45, 2.75) is 19.9 Å². The zero-order valence-electron chi connectivity index (χ0n) is 9.38. The van der Waals surface area contributed by atoms with Crippen LogP contribution in [0.3, 0.4) is 0 Å². The molecule has 0 unspecified atom stereocenters. The molecule has 0 spiro atoms. The molecule has 2 rings (SSSR count). The molecule has 16 heavy (non-hydrogen) atoms. The van der Waals surface area contributed by atoms with Crippen LogP contribution >= 0.6 is 0 Å². The summed E-state index contributed by atoms with van der Waals surface area (Å²) in [5, 5.41) is 8.73. The fraction of sp³-hybridized carbons (Fsp3) is 0.231. The molecule has 1 aromatic heterocycles. The lowest BCUT2D eigenvalue weighted by molar-refractivity contribution is 0.606. The fourth-order valence-electron chi connectivity index (χ4n) is 1.65. The molecule has 0 N–H and O–H groups in total. The molecule has 2 aromatic rings. The highest BCUT2D eigenvalue weighted by Crippen LogP contribution is 2.21. The van der Waals surface area contributed by atoms with Crippen LogP contribution in [0.15, 0.2) is 36.7 Å². The summed E-state index contributed by atoms with van der Waals surface area (Å²) in [6, 6.07) is 9.98. The smallest absolute Gasteiger partial charge is 0.140 e. The number of imidazole rings is 1. The summed E-state index contributed by atoms with van der Waals surface area (Å²) in [6.45, 7) is 4.24. The van der Waals surface area contributed by atoms with E-state index in [0.29, 0.717) is 11.6 Å². The standard InChI is InChI=1S/C13H13N3/c1-10(2)16-8-7-15-13(16)12-5-3-11(9-14)4-6-12/h3-8,10H,1-2H3. The molecule has 0 aliphatic rings. The largest absolute Gasteiger partial charge is 0.328 e. The maximum atomic E-state index is 8.73. The van der Waals surface area contributed by atoms with Gasteiger partial charge in [0.15, 0.2) is 0 Å². The Balaban J connectivity index is 2.43. The number of hydrogen-bond acceptors (Lipinski definition) is 2. The van der Waals surface area contributed by atoms with Crippen molar-refractivity contribution in [2.75, 3.05) is 0 Å². The molecule has 1 heterocycles. The molecule has 80 valence electrons. The van der Waals surface area contributed by atoms with Gasteiger partial charge in [-0.3, -0.25) is 0 Å². The molecular weight excluding hydrogens is 198 g/mol. The van der Waals surface area contributed by atoms with E-state index < -0.39 is 0 Å². The van der Waals surface area contributed by atoms with Gasteiger partial charge >= 0.3 is 0 Å². The first-order chi connectivity index (χ1) is 7.72. The Kier molecular flexibility index (Phi) is 2.74. The normalized spacial score (nSPS) is 10.4. The van der Waals surface area contributed by atoms with Crippen molar-refractivity contribution in [1.82, 2.24) is 9.55 Å². The molecule has 0 bridgehead atoms. The van der Waals surface area contributed by atoms with Crippen LogP contribution in [0.4, 0.5) is 0 Å². The molecule has 0 saturated carbocycles. The summed E-state index contributed by atoms with van der Waals surface area (Å²) >= 11 is 0. The molecular formula is C13H13N3. The predicted octanol–water partition coefficient (Wildman–Crippen LogP) is 3.00. The van der Waals surface area contributed by atoms with Crippen molar-refractivity contribution in [3.63, 3.8) is 0 Å². The average Bonchev–Trinajstić information content (AvgIpc) is 2.78. The van der Waals surface area contributed by atoms with Gasteiger partial charge in [0.1, 0.15) is 5.82 Å². The molecule has 0 aliphatic heterocycles. The van der Waals surface area contributed by atoms with Crippen LogP contribution in [0.5, 0.6) is 0 Å². The Labute approximate surface area is 95.0 Å². The van der Waals surface area contributed by atoms with Crippen molar-refractivity contribution in [2.24, 2.45) is 0 Å². The molecule has 0 atom stereocenters. The zero-order chi connectivity index (χ0) is 11.5. The fourth-order valence-corrected chi connectivity index (χ4v) is 1.65. The van der Waals surface area contributed by atoms with Crippen molar-refractivity contribution in [1.29, 1.82) is 5.26 Å². The Morgan fingerprint density at radius 2 is 1.94 bits per heavy atom. The average molecular weight is 211 g/mol. The molecule has 0 radical (unpaired) electrons. The Hall–Kier alpha value is -2.08. The van der Waals surface area contributed by atoms with Crippen LogP contribution in [0.2, 0.25) is 0 Å². The second-order valence-electron chi connectivity index (χ2n) is 3.94. The van der Waals surface area contributed by atoms with E-state index in [4.69, 9.17) is 5.26 Å². The molecule has 3 heteroatoms. The lowest BCUT2D eigenvalue weighted by Gasteiger charge is -2.11. The van der Waals surface area contributed by atoms with Crippen LogP contribution in [-0.2, 0) is 0 Å². The maximum Gasteiger partial charge on any atom is 0.140 e. The summed E-state index contributed by atoms with van der Waals surface area (Å²) in [4.78, 5) is 4.34. The second kappa shape index (κ2) is 4.19. The lowest BCUT2D eigenvalue weighted by atomic mass is 10.1. The Morgan fingerprint density at radius 3 is 2.50 bits per heavy atom. The van der Waals surface area contributed by atoms with Gasteiger partial charge in [-0.25, -0.2) is 4.98 Å². The first-order valence-corrected chi connectivity index (χ1v) is 5.25. The third kappa shape index (κ3) is 1.82.